The predicted molar refractivity (Wildman–Crippen MR) is 73.8 cm³/mol. The lowest BCUT2D eigenvalue weighted by Gasteiger charge is -2.03. The molecule has 0 radical (unpaired) electrons. The summed E-state index contributed by atoms with van der Waals surface area (Å²) in [7, 11) is 0. The van der Waals surface area contributed by atoms with Crippen molar-refractivity contribution >= 4 is 22.5 Å². The van der Waals surface area contributed by atoms with Gasteiger partial charge in [0, 0.05) is 29.2 Å². The number of nitrogens with two attached hydrogens (primary N) is 1. The largest absolute Gasteiger partial charge is 0.399 e. The summed E-state index contributed by atoms with van der Waals surface area (Å²) < 4.78 is 0. The van der Waals surface area contributed by atoms with E-state index in [0.29, 0.717) is 22.3 Å². The van der Waals surface area contributed by atoms with Crippen LogP contribution in [0.1, 0.15) is 15.9 Å². The zero-order valence-electron chi connectivity index (χ0n) is 10.1. The first-order chi connectivity index (χ1) is 9.24. The van der Waals surface area contributed by atoms with E-state index < -0.39 is 0 Å². The number of carbonyl (C=O) groups excluding carboxylic acids is 1. The van der Waals surface area contributed by atoms with Crippen LogP contribution in [0.2, 0.25) is 0 Å². The summed E-state index contributed by atoms with van der Waals surface area (Å²) in [4.78, 5) is 20.7. The summed E-state index contributed by atoms with van der Waals surface area (Å²) in [6.45, 7) is 0. The molecule has 2 aromatic carbocycles. The number of rotatable bonds is 2. The third kappa shape index (κ3) is 2.15. The maximum atomic E-state index is 12.3. The summed E-state index contributed by atoms with van der Waals surface area (Å²) >= 11 is 0. The van der Waals surface area contributed by atoms with Gasteiger partial charge in [0.2, 0.25) is 0 Å². The Labute approximate surface area is 109 Å². The fourth-order valence-electron chi connectivity index (χ4n) is 1.95. The van der Waals surface area contributed by atoms with E-state index in [1.165, 1.54) is 0 Å². The standard InChI is InChI=1S/C15H11N3O/c16-12-3-1-2-10(8-12)15(19)11-4-5-13-14(9-11)18-7-6-17-13/h1-9H,16H2. The topological polar surface area (TPSA) is 68.9 Å². The summed E-state index contributed by atoms with van der Waals surface area (Å²) in [6, 6.07) is 12.2. The zero-order chi connectivity index (χ0) is 13.2. The van der Waals surface area contributed by atoms with Gasteiger partial charge in [0.25, 0.3) is 0 Å². The molecule has 3 rings (SSSR count). The Bertz CT molecular complexity index is 768. The average Bonchev–Trinajstić information content (AvgIpc) is 2.46. The maximum Gasteiger partial charge on any atom is 0.193 e. The van der Waals surface area contributed by atoms with Crippen LogP contribution in [0.5, 0.6) is 0 Å². The molecule has 0 fully saturated rings. The van der Waals surface area contributed by atoms with Crippen molar-refractivity contribution in [2.75, 3.05) is 5.73 Å². The highest BCUT2D eigenvalue weighted by atomic mass is 16.1. The third-order valence-corrected chi connectivity index (χ3v) is 2.88. The molecule has 0 aliphatic carbocycles. The highest BCUT2D eigenvalue weighted by molar-refractivity contribution is 6.10. The Kier molecular flexibility index (Phi) is 2.68. The highest BCUT2D eigenvalue weighted by Crippen LogP contribution is 2.16. The van der Waals surface area contributed by atoms with Gasteiger partial charge in [-0.25, -0.2) is 0 Å². The van der Waals surface area contributed by atoms with Gasteiger partial charge in [-0.05, 0) is 30.3 Å². The number of hydrogen-bond acceptors (Lipinski definition) is 4. The minimum Gasteiger partial charge on any atom is -0.399 e. The smallest absolute Gasteiger partial charge is 0.193 e. The number of aromatic nitrogens is 2. The molecule has 19 heavy (non-hydrogen) atoms. The Hall–Kier alpha value is -2.75. The molecule has 0 saturated carbocycles. The van der Waals surface area contributed by atoms with Crippen molar-refractivity contribution in [1.82, 2.24) is 9.97 Å². The number of hydrogen-bond donors (Lipinski definition) is 1. The molecule has 0 atom stereocenters. The van der Waals surface area contributed by atoms with Crippen LogP contribution in [0.4, 0.5) is 5.69 Å². The van der Waals surface area contributed by atoms with E-state index in [1.54, 1.807) is 54.9 Å². The first kappa shape index (κ1) is 11.3. The quantitative estimate of drug-likeness (QED) is 0.559. The van der Waals surface area contributed by atoms with Crippen LogP contribution < -0.4 is 5.73 Å². The Balaban J connectivity index is 2.06. The molecule has 0 spiro atoms. The van der Waals surface area contributed by atoms with Gasteiger partial charge in [-0.1, -0.05) is 12.1 Å². The normalized spacial score (nSPS) is 10.5. The fraction of sp³-hybridized carbons (Fsp3) is 0. The fourth-order valence-corrected chi connectivity index (χ4v) is 1.95. The molecule has 3 aromatic rings. The molecule has 4 heteroatoms. The molecule has 0 amide bonds. The van der Waals surface area contributed by atoms with Crippen LogP contribution in [0.3, 0.4) is 0 Å². The first-order valence-electron chi connectivity index (χ1n) is 5.85. The van der Waals surface area contributed by atoms with Crippen molar-refractivity contribution in [3.05, 3.63) is 66.0 Å². The van der Waals surface area contributed by atoms with Crippen molar-refractivity contribution in [3.8, 4) is 0 Å². The zero-order valence-corrected chi connectivity index (χ0v) is 10.1. The molecule has 0 unspecified atom stereocenters. The minimum absolute atomic E-state index is 0.0696. The molecule has 0 bridgehead atoms. The van der Waals surface area contributed by atoms with E-state index in [1.807, 2.05) is 0 Å². The molecule has 2 N–H and O–H groups in total. The van der Waals surface area contributed by atoms with Gasteiger partial charge in [0.1, 0.15) is 0 Å². The van der Waals surface area contributed by atoms with E-state index in [4.69, 9.17) is 5.73 Å². The number of benzene rings is 2. The van der Waals surface area contributed by atoms with Crippen molar-refractivity contribution < 1.29 is 4.79 Å². The molecular formula is C15H11N3O. The van der Waals surface area contributed by atoms with E-state index >= 15 is 0 Å². The number of nitrogen functional groups attached to an aromatic ring is 1. The van der Waals surface area contributed by atoms with E-state index in [2.05, 4.69) is 9.97 Å². The van der Waals surface area contributed by atoms with Crippen molar-refractivity contribution in [1.29, 1.82) is 0 Å². The lowest BCUT2D eigenvalue weighted by molar-refractivity contribution is 0.103. The average molecular weight is 249 g/mol. The molecule has 4 nitrogen and oxygen atoms in total. The highest BCUT2D eigenvalue weighted by Gasteiger charge is 2.10. The number of anilines is 1. The van der Waals surface area contributed by atoms with Crippen LogP contribution in [0, 0.1) is 0 Å². The predicted octanol–water partition coefficient (Wildman–Crippen LogP) is 2.44. The van der Waals surface area contributed by atoms with Gasteiger partial charge < -0.3 is 5.73 Å². The van der Waals surface area contributed by atoms with Gasteiger partial charge >= 0.3 is 0 Å². The van der Waals surface area contributed by atoms with Crippen LogP contribution in [0.25, 0.3) is 11.0 Å². The van der Waals surface area contributed by atoms with Gasteiger partial charge in [-0.3, -0.25) is 14.8 Å². The monoisotopic (exact) mass is 249 g/mol. The first-order valence-corrected chi connectivity index (χ1v) is 5.85. The Morgan fingerprint density at radius 1 is 0.895 bits per heavy atom. The van der Waals surface area contributed by atoms with Crippen molar-refractivity contribution in [3.63, 3.8) is 0 Å². The number of fused-ring (bicyclic) bond motifs is 1. The second-order valence-electron chi connectivity index (χ2n) is 4.21. The van der Waals surface area contributed by atoms with Crippen molar-refractivity contribution in [2.45, 2.75) is 0 Å². The number of ketones is 1. The van der Waals surface area contributed by atoms with Gasteiger partial charge in [0.15, 0.2) is 5.78 Å². The maximum absolute atomic E-state index is 12.3. The summed E-state index contributed by atoms with van der Waals surface area (Å²) in [6.07, 6.45) is 3.23. The van der Waals surface area contributed by atoms with Gasteiger partial charge in [-0.15, -0.1) is 0 Å². The van der Waals surface area contributed by atoms with E-state index in [9.17, 15) is 4.79 Å². The SMILES string of the molecule is Nc1cccc(C(=O)c2ccc3nccnc3c2)c1. The molecule has 0 saturated heterocycles. The lowest BCUT2D eigenvalue weighted by atomic mass is 10.0. The van der Waals surface area contributed by atoms with Crippen LogP contribution >= 0.6 is 0 Å². The molecular weight excluding hydrogens is 238 g/mol. The van der Waals surface area contributed by atoms with Crippen LogP contribution in [-0.2, 0) is 0 Å². The second kappa shape index (κ2) is 4.49. The van der Waals surface area contributed by atoms with Gasteiger partial charge in [0.05, 0.1) is 11.0 Å². The lowest BCUT2D eigenvalue weighted by Crippen LogP contribution is -2.02. The third-order valence-electron chi connectivity index (χ3n) is 2.88. The molecule has 1 aromatic heterocycles. The number of nitrogens with zero attached hydrogens (tertiary/aromatic N) is 2. The van der Waals surface area contributed by atoms with Crippen LogP contribution in [-0.4, -0.2) is 15.8 Å². The Morgan fingerprint density at radius 2 is 1.63 bits per heavy atom. The van der Waals surface area contributed by atoms with Crippen LogP contribution in [0.15, 0.2) is 54.9 Å². The van der Waals surface area contributed by atoms with E-state index in [0.717, 1.165) is 5.52 Å². The Morgan fingerprint density at radius 3 is 2.42 bits per heavy atom. The minimum atomic E-state index is -0.0696. The van der Waals surface area contributed by atoms with Crippen molar-refractivity contribution in [2.24, 2.45) is 0 Å². The summed E-state index contributed by atoms with van der Waals surface area (Å²) in [5.74, 6) is -0.0696. The van der Waals surface area contributed by atoms with E-state index in [-0.39, 0.29) is 5.78 Å². The number of carbonyl (C=O) groups is 1. The second-order valence-corrected chi connectivity index (χ2v) is 4.21. The summed E-state index contributed by atoms with van der Waals surface area (Å²) in [5, 5.41) is 0. The molecule has 0 aliphatic rings. The summed E-state index contributed by atoms with van der Waals surface area (Å²) in [5.41, 5.74) is 8.90. The molecule has 1 heterocycles. The molecule has 0 aliphatic heterocycles. The molecule has 92 valence electrons. The van der Waals surface area contributed by atoms with Gasteiger partial charge in [-0.2, -0.15) is 0 Å².